The van der Waals surface area contributed by atoms with Gasteiger partial charge in [-0.05, 0) is 36.6 Å². The summed E-state index contributed by atoms with van der Waals surface area (Å²) in [4.78, 5) is 22.8. The molecule has 3 aromatic rings. The summed E-state index contributed by atoms with van der Waals surface area (Å²) < 4.78 is 17.3. The van der Waals surface area contributed by atoms with Crippen molar-refractivity contribution in [2.45, 2.75) is 19.8 Å². The average molecular weight is 470 g/mol. The summed E-state index contributed by atoms with van der Waals surface area (Å²) in [6, 6.07) is 11.5. The largest absolute Gasteiger partial charge is 0.497 e. The first-order chi connectivity index (χ1) is 16.1. The van der Waals surface area contributed by atoms with E-state index in [1.54, 1.807) is 48.7 Å². The van der Waals surface area contributed by atoms with Crippen LogP contribution in [0.25, 0.3) is 10.2 Å². The molecule has 1 saturated heterocycles. The predicted octanol–water partition coefficient (Wildman–Crippen LogP) is 4.25. The lowest BCUT2D eigenvalue weighted by Crippen LogP contribution is -2.39. The second kappa shape index (κ2) is 11.0. The van der Waals surface area contributed by atoms with Gasteiger partial charge in [-0.1, -0.05) is 30.4 Å². The van der Waals surface area contributed by atoms with E-state index in [0.29, 0.717) is 23.6 Å². The Bertz CT molecular complexity index is 1070. The lowest BCUT2D eigenvalue weighted by molar-refractivity contribution is 0.0376. The first-order valence-electron chi connectivity index (χ1n) is 11.4. The highest BCUT2D eigenvalue weighted by Crippen LogP contribution is 2.33. The first kappa shape index (κ1) is 23.5. The maximum atomic E-state index is 13.7. The number of thiazole rings is 1. The van der Waals surface area contributed by atoms with Gasteiger partial charge < -0.3 is 14.2 Å². The van der Waals surface area contributed by atoms with Gasteiger partial charge in [0.15, 0.2) is 5.13 Å². The van der Waals surface area contributed by atoms with Gasteiger partial charge in [-0.25, -0.2) is 4.98 Å². The second-order valence-corrected chi connectivity index (χ2v) is 8.99. The number of morpholine rings is 1. The van der Waals surface area contributed by atoms with Crippen molar-refractivity contribution >= 4 is 32.6 Å². The number of nitrogens with zero attached hydrogens (tertiary/aromatic N) is 3. The molecule has 176 valence electrons. The van der Waals surface area contributed by atoms with Crippen molar-refractivity contribution in [3.8, 4) is 11.5 Å². The minimum atomic E-state index is -0.105. The molecule has 0 atom stereocenters. The summed E-state index contributed by atoms with van der Waals surface area (Å²) in [6.07, 6.45) is 1.75. The van der Waals surface area contributed by atoms with E-state index in [1.807, 2.05) is 0 Å². The van der Waals surface area contributed by atoms with Crippen LogP contribution in [0.5, 0.6) is 11.5 Å². The van der Waals surface area contributed by atoms with Gasteiger partial charge in [0.1, 0.15) is 11.5 Å². The van der Waals surface area contributed by atoms with Crippen LogP contribution in [0.4, 0.5) is 5.13 Å². The zero-order valence-electron chi connectivity index (χ0n) is 19.5. The molecular weight excluding hydrogens is 438 g/mol. The Kier molecular flexibility index (Phi) is 7.80. The molecule has 1 aromatic heterocycles. The number of carbonyl (C=O) groups is 1. The van der Waals surface area contributed by atoms with Crippen molar-refractivity contribution in [1.29, 1.82) is 0 Å². The number of hydrogen-bond donors (Lipinski definition) is 0. The summed E-state index contributed by atoms with van der Waals surface area (Å²) in [5, 5.41) is 0.722. The Morgan fingerprint density at radius 1 is 1.15 bits per heavy atom. The Hall–Kier alpha value is -2.68. The maximum Gasteiger partial charge on any atom is 0.260 e. The number of hydrogen-bond acceptors (Lipinski definition) is 7. The van der Waals surface area contributed by atoms with Crippen molar-refractivity contribution in [3.63, 3.8) is 0 Å². The molecule has 2 aromatic carbocycles. The minimum Gasteiger partial charge on any atom is -0.497 e. The summed E-state index contributed by atoms with van der Waals surface area (Å²) in [5.74, 6) is 1.07. The fraction of sp³-hybridized carbons (Fsp3) is 0.440. The average Bonchev–Trinajstić information content (AvgIpc) is 3.30. The number of benzene rings is 2. The van der Waals surface area contributed by atoms with Crippen LogP contribution in [0, 0.1) is 0 Å². The molecule has 0 bridgehead atoms. The predicted molar refractivity (Wildman–Crippen MR) is 132 cm³/mol. The number of aromatic nitrogens is 1. The number of fused-ring (bicyclic) bond motifs is 1. The molecule has 0 spiro atoms. The normalized spacial score (nSPS) is 14.4. The molecule has 2 heterocycles. The first-order valence-corrected chi connectivity index (χ1v) is 12.2. The van der Waals surface area contributed by atoms with E-state index in [2.05, 4.69) is 30.0 Å². The quantitative estimate of drug-likeness (QED) is 0.467. The lowest BCUT2D eigenvalue weighted by atomic mass is 10.1. The van der Waals surface area contributed by atoms with Gasteiger partial charge >= 0.3 is 0 Å². The van der Waals surface area contributed by atoms with E-state index >= 15 is 0 Å². The van der Waals surface area contributed by atoms with Crippen molar-refractivity contribution < 1.29 is 19.0 Å². The molecule has 1 aliphatic heterocycles. The van der Waals surface area contributed by atoms with E-state index in [-0.39, 0.29) is 5.91 Å². The number of amides is 1. The number of aryl methyl sites for hydroxylation is 1. The van der Waals surface area contributed by atoms with Crippen LogP contribution in [-0.2, 0) is 11.2 Å². The van der Waals surface area contributed by atoms with Gasteiger partial charge in [-0.2, -0.15) is 0 Å². The fourth-order valence-corrected chi connectivity index (χ4v) is 5.08. The summed E-state index contributed by atoms with van der Waals surface area (Å²) >= 11 is 1.56. The monoisotopic (exact) mass is 469 g/mol. The maximum absolute atomic E-state index is 13.7. The van der Waals surface area contributed by atoms with Gasteiger partial charge in [0.05, 0.1) is 37.6 Å². The van der Waals surface area contributed by atoms with Crippen LogP contribution in [0.2, 0.25) is 0 Å². The van der Waals surface area contributed by atoms with Crippen LogP contribution in [0.15, 0.2) is 36.4 Å². The highest BCUT2D eigenvalue weighted by Gasteiger charge is 2.23. The number of carbonyl (C=O) groups excluding carboxylic acids is 1. The molecule has 0 saturated carbocycles. The molecule has 4 rings (SSSR count). The molecule has 1 amide bonds. The highest BCUT2D eigenvalue weighted by atomic mass is 32.1. The molecule has 8 heteroatoms. The standard InChI is InChI=1S/C25H31N3O4S/c1-4-18-7-5-8-22-23(18)26-25(33-22)28(10-6-9-27-11-13-32-14-12-27)24(29)19-15-20(30-2)17-21(16-19)31-3/h5,7-8,15-17H,4,6,9-14H2,1-3H3. The fourth-order valence-electron chi connectivity index (χ4n) is 4.04. The SMILES string of the molecule is CCc1cccc2sc(N(CCCN3CCOCC3)C(=O)c3cc(OC)cc(OC)c3)nc12. The van der Waals surface area contributed by atoms with Crippen LogP contribution < -0.4 is 14.4 Å². The van der Waals surface area contributed by atoms with Crippen molar-refractivity contribution in [2.24, 2.45) is 0 Å². The number of methoxy groups -OCH3 is 2. The summed E-state index contributed by atoms with van der Waals surface area (Å²) in [7, 11) is 3.17. The smallest absolute Gasteiger partial charge is 0.260 e. The van der Waals surface area contributed by atoms with E-state index < -0.39 is 0 Å². The number of para-hydroxylation sites is 1. The molecule has 1 aliphatic rings. The zero-order valence-corrected chi connectivity index (χ0v) is 20.3. The number of ether oxygens (including phenoxy) is 3. The van der Waals surface area contributed by atoms with Crippen molar-refractivity contribution in [1.82, 2.24) is 9.88 Å². The van der Waals surface area contributed by atoms with E-state index in [9.17, 15) is 4.79 Å². The zero-order chi connectivity index (χ0) is 23.2. The third kappa shape index (κ3) is 5.46. The second-order valence-electron chi connectivity index (χ2n) is 7.98. The molecule has 0 aliphatic carbocycles. The molecular formula is C25H31N3O4S. The third-order valence-electron chi connectivity index (χ3n) is 5.91. The van der Waals surface area contributed by atoms with Gasteiger partial charge in [0, 0.05) is 37.8 Å². The molecule has 0 N–H and O–H groups in total. The molecule has 0 radical (unpaired) electrons. The van der Waals surface area contributed by atoms with Gasteiger partial charge in [0.25, 0.3) is 5.91 Å². The van der Waals surface area contributed by atoms with Crippen LogP contribution in [0.1, 0.15) is 29.3 Å². The lowest BCUT2D eigenvalue weighted by Gasteiger charge is -2.27. The van der Waals surface area contributed by atoms with Gasteiger partial charge in [0.2, 0.25) is 0 Å². The number of rotatable bonds is 9. The van der Waals surface area contributed by atoms with Crippen molar-refractivity contribution in [3.05, 3.63) is 47.5 Å². The Morgan fingerprint density at radius 3 is 2.55 bits per heavy atom. The molecule has 33 heavy (non-hydrogen) atoms. The summed E-state index contributed by atoms with van der Waals surface area (Å²) in [5.41, 5.74) is 2.69. The molecule has 7 nitrogen and oxygen atoms in total. The summed E-state index contributed by atoms with van der Waals surface area (Å²) in [6.45, 7) is 7.02. The van der Waals surface area contributed by atoms with Gasteiger partial charge in [-0.3, -0.25) is 14.6 Å². The van der Waals surface area contributed by atoms with E-state index in [1.165, 1.54) is 5.56 Å². The minimum absolute atomic E-state index is 0.105. The Morgan fingerprint density at radius 2 is 1.88 bits per heavy atom. The van der Waals surface area contributed by atoms with Crippen LogP contribution in [0.3, 0.4) is 0 Å². The molecule has 0 unspecified atom stereocenters. The van der Waals surface area contributed by atoms with Gasteiger partial charge in [-0.15, -0.1) is 0 Å². The van der Waals surface area contributed by atoms with Crippen LogP contribution in [-0.4, -0.2) is 69.4 Å². The van der Waals surface area contributed by atoms with Crippen molar-refractivity contribution in [2.75, 3.05) is 58.5 Å². The van der Waals surface area contributed by atoms with E-state index in [0.717, 1.165) is 61.0 Å². The number of anilines is 1. The highest BCUT2D eigenvalue weighted by molar-refractivity contribution is 7.22. The topological polar surface area (TPSA) is 64.1 Å². The Balaban J connectivity index is 1.64. The Labute approximate surface area is 198 Å². The van der Waals surface area contributed by atoms with E-state index in [4.69, 9.17) is 19.2 Å². The van der Waals surface area contributed by atoms with Crippen LogP contribution >= 0.6 is 11.3 Å². The third-order valence-corrected chi connectivity index (χ3v) is 6.95. The molecule has 1 fully saturated rings.